The molecular weight excluding hydrogens is 382 g/mol. The van der Waals surface area contributed by atoms with Crippen LogP contribution in [0.25, 0.3) is 0 Å². The average Bonchev–Trinajstić information content (AvgIpc) is 2.51. The van der Waals surface area contributed by atoms with Gasteiger partial charge in [0.05, 0.1) is 17.2 Å². The summed E-state index contributed by atoms with van der Waals surface area (Å²) in [6, 6.07) is 10.8. The third-order valence-corrected chi connectivity index (χ3v) is 3.78. The van der Waals surface area contributed by atoms with E-state index in [1.807, 2.05) is 31.2 Å². The Balaban J connectivity index is 1.88. The van der Waals surface area contributed by atoms with E-state index in [1.165, 1.54) is 6.21 Å². The predicted octanol–water partition coefficient (Wildman–Crippen LogP) is 3.68. The van der Waals surface area contributed by atoms with E-state index in [4.69, 9.17) is 11.6 Å². The Morgan fingerprint density at radius 1 is 1.35 bits per heavy atom. The van der Waals surface area contributed by atoms with E-state index in [1.54, 1.807) is 12.1 Å². The summed E-state index contributed by atoms with van der Waals surface area (Å²) < 4.78 is 0.457. The number of phenolic OH excluding ortho intramolecular Hbond substituents is 1. The lowest BCUT2D eigenvalue weighted by Gasteiger charge is -2.06. The van der Waals surface area contributed by atoms with E-state index >= 15 is 0 Å². The van der Waals surface area contributed by atoms with Crippen LogP contribution in [0.3, 0.4) is 0 Å². The summed E-state index contributed by atoms with van der Waals surface area (Å²) in [6.07, 6.45) is 1.33. The van der Waals surface area contributed by atoms with Gasteiger partial charge >= 0.3 is 0 Å². The summed E-state index contributed by atoms with van der Waals surface area (Å²) in [6.45, 7) is 2.08. The molecule has 0 saturated carbocycles. The minimum absolute atomic E-state index is 0.00480. The molecule has 0 aromatic heterocycles. The van der Waals surface area contributed by atoms with Gasteiger partial charge in [-0.05, 0) is 47.1 Å². The number of benzene rings is 2. The van der Waals surface area contributed by atoms with Crippen LogP contribution in [0.2, 0.25) is 5.02 Å². The molecule has 0 unspecified atom stereocenters. The first-order chi connectivity index (χ1) is 11.0. The summed E-state index contributed by atoms with van der Waals surface area (Å²) in [7, 11) is 0. The minimum Gasteiger partial charge on any atom is -0.506 e. The number of aryl methyl sites for hydroxylation is 1. The standard InChI is InChI=1S/C16H15BrClN3O2/c1-10-2-4-13(5-3-10)19-9-15(22)21-20-8-11-6-12(18)7-14(17)16(11)23/h2-8,19,23H,9H2,1H3,(H,21,22). The number of nitrogens with zero attached hydrogens (tertiary/aromatic N) is 1. The molecule has 0 heterocycles. The fourth-order valence-electron chi connectivity index (χ4n) is 1.75. The van der Waals surface area contributed by atoms with Crippen molar-refractivity contribution in [3.63, 3.8) is 0 Å². The normalized spacial score (nSPS) is 10.7. The Hall–Kier alpha value is -2.05. The summed E-state index contributed by atoms with van der Waals surface area (Å²) in [5, 5.41) is 17.1. The molecule has 1 amide bonds. The zero-order chi connectivity index (χ0) is 16.8. The van der Waals surface area contributed by atoms with Gasteiger partial charge in [0, 0.05) is 16.3 Å². The lowest BCUT2D eigenvalue weighted by Crippen LogP contribution is -2.25. The molecule has 0 aliphatic rings. The van der Waals surface area contributed by atoms with Gasteiger partial charge in [-0.15, -0.1) is 0 Å². The molecule has 0 saturated heterocycles. The number of halogens is 2. The number of carbonyl (C=O) groups is 1. The van der Waals surface area contributed by atoms with Gasteiger partial charge in [0.25, 0.3) is 5.91 Å². The number of hydrazone groups is 1. The second-order valence-electron chi connectivity index (χ2n) is 4.84. The number of anilines is 1. The topological polar surface area (TPSA) is 73.7 Å². The van der Waals surface area contributed by atoms with Crippen molar-refractivity contribution in [1.29, 1.82) is 0 Å². The fraction of sp³-hybridized carbons (Fsp3) is 0.125. The molecule has 0 fully saturated rings. The molecule has 7 heteroatoms. The fourth-order valence-corrected chi connectivity index (χ4v) is 2.59. The highest BCUT2D eigenvalue weighted by atomic mass is 79.9. The number of aromatic hydroxyl groups is 1. The van der Waals surface area contributed by atoms with Crippen molar-refractivity contribution < 1.29 is 9.90 Å². The zero-order valence-electron chi connectivity index (χ0n) is 12.3. The van der Waals surface area contributed by atoms with Crippen LogP contribution in [0.15, 0.2) is 46.0 Å². The molecule has 23 heavy (non-hydrogen) atoms. The molecule has 3 N–H and O–H groups in total. The minimum atomic E-state index is -0.303. The van der Waals surface area contributed by atoms with Crippen LogP contribution in [-0.4, -0.2) is 23.8 Å². The quantitative estimate of drug-likeness (QED) is 0.533. The van der Waals surface area contributed by atoms with E-state index in [2.05, 4.69) is 31.8 Å². The average molecular weight is 397 g/mol. The van der Waals surface area contributed by atoms with Crippen molar-refractivity contribution >= 4 is 45.3 Å². The summed E-state index contributed by atoms with van der Waals surface area (Å²) in [5.41, 5.74) is 4.78. The van der Waals surface area contributed by atoms with Gasteiger partial charge < -0.3 is 10.4 Å². The number of hydrogen-bond acceptors (Lipinski definition) is 4. The highest BCUT2D eigenvalue weighted by molar-refractivity contribution is 9.10. The molecule has 2 rings (SSSR count). The Morgan fingerprint density at radius 2 is 2.04 bits per heavy atom. The number of carbonyl (C=O) groups excluding carboxylic acids is 1. The molecule has 0 aliphatic carbocycles. The van der Waals surface area contributed by atoms with Gasteiger partial charge in [-0.1, -0.05) is 29.3 Å². The monoisotopic (exact) mass is 395 g/mol. The van der Waals surface area contributed by atoms with Crippen LogP contribution in [0, 0.1) is 6.92 Å². The van der Waals surface area contributed by atoms with Gasteiger partial charge in [-0.2, -0.15) is 5.10 Å². The van der Waals surface area contributed by atoms with Gasteiger partial charge in [0.2, 0.25) is 0 Å². The number of nitrogens with one attached hydrogen (secondary N) is 2. The largest absolute Gasteiger partial charge is 0.506 e. The highest BCUT2D eigenvalue weighted by Crippen LogP contribution is 2.30. The third kappa shape index (κ3) is 5.26. The van der Waals surface area contributed by atoms with Gasteiger partial charge in [0.1, 0.15) is 5.75 Å². The first kappa shape index (κ1) is 17.3. The highest BCUT2D eigenvalue weighted by Gasteiger charge is 2.06. The van der Waals surface area contributed by atoms with E-state index in [9.17, 15) is 9.90 Å². The maximum absolute atomic E-state index is 11.7. The van der Waals surface area contributed by atoms with E-state index in [0.29, 0.717) is 15.1 Å². The van der Waals surface area contributed by atoms with Crippen molar-refractivity contribution in [3.05, 3.63) is 57.0 Å². The van der Waals surface area contributed by atoms with E-state index in [0.717, 1.165) is 11.3 Å². The zero-order valence-corrected chi connectivity index (χ0v) is 14.6. The van der Waals surface area contributed by atoms with Crippen molar-refractivity contribution in [2.75, 3.05) is 11.9 Å². The van der Waals surface area contributed by atoms with Gasteiger partial charge in [0.15, 0.2) is 0 Å². The van der Waals surface area contributed by atoms with E-state index < -0.39 is 0 Å². The van der Waals surface area contributed by atoms with Crippen molar-refractivity contribution in [3.8, 4) is 5.75 Å². The smallest absolute Gasteiger partial charge is 0.259 e. The Kier molecular flexibility index (Phi) is 6.01. The Labute approximate surface area is 147 Å². The molecule has 120 valence electrons. The lowest BCUT2D eigenvalue weighted by molar-refractivity contribution is -0.119. The Bertz CT molecular complexity index is 733. The molecule has 2 aromatic carbocycles. The predicted molar refractivity (Wildman–Crippen MR) is 96.2 cm³/mol. The van der Waals surface area contributed by atoms with Crippen LogP contribution in [0.1, 0.15) is 11.1 Å². The first-order valence-electron chi connectivity index (χ1n) is 6.76. The molecule has 0 aliphatic heterocycles. The van der Waals surface area contributed by atoms with Crippen molar-refractivity contribution in [2.45, 2.75) is 6.92 Å². The summed E-state index contributed by atoms with van der Waals surface area (Å²) >= 11 is 9.07. The van der Waals surface area contributed by atoms with Crippen LogP contribution in [0.5, 0.6) is 5.75 Å². The molecule has 0 atom stereocenters. The van der Waals surface area contributed by atoms with Crippen LogP contribution < -0.4 is 10.7 Å². The SMILES string of the molecule is Cc1ccc(NCC(=O)NN=Cc2cc(Cl)cc(Br)c2O)cc1. The Morgan fingerprint density at radius 3 is 2.74 bits per heavy atom. The molecule has 0 spiro atoms. The van der Waals surface area contributed by atoms with Crippen LogP contribution in [0.4, 0.5) is 5.69 Å². The summed E-state index contributed by atoms with van der Waals surface area (Å²) in [5.74, 6) is -0.299. The maximum Gasteiger partial charge on any atom is 0.259 e. The summed E-state index contributed by atoms with van der Waals surface area (Å²) in [4.78, 5) is 11.7. The molecule has 0 bridgehead atoms. The second kappa shape index (κ2) is 7.99. The number of hydrogen-bond donors (Lipinski definition) is 3. The second-order valence-corrected chi connectivity index (χ2v) is 6.13. The molecule has 2 aromatic rings. The van der Waals surface area contributed by atoms with Crippen molar-refractivity contribution in [1.82, 2.24) is 5.43 Å². The first-order valence-corrected chi connectivity index (χ1v) is 7.93. The number of phenols is 1. The van der Waals surface area contributed by atoms with Crippen LogP contribution in [-0.2, 0) is 4.79 Å². The molecule has 0 radical (unpaired) electrons. The van der Waals surface area contributed by atoms with E-state index in [-0.39, 0.29) is 18.2 Å². The van der Waals surface area contributed by atoms with Crippen molar-refractivity contribution in [2.24, 2.45) is 5.10 Å². The molecular formula is C16H15BrClN3O2. The maximum atomic E-state index is 11.7. The lowest BCUT2D eigenvalue weighted by atomic mass is 10.2. The molecule has 5 nitrogen and oxygen atoms in total. The number of amides is 1. The van der Waals surface area contributed by atoms with Gasteiger partial charge in [-0.25, -0.2) is 5.43 Å². The number of rotatable bonds is 5. The third-order valence-electron chi connectivity index (χ3n) is 2.96. The van der Waals surface area contributed by atoms with Crippen LogP contribution >= 0.6 is 27.5 Å². The van der Waals surface area contributed by atoms with Gasteiger partial charge in [-0.3, -0.25) is 4.79 Å².